The van der Waals surface area contributed by atoms with Crippen molar-refractivity contribution in [3.63, 3.8) is 0 Å². The molecular formula is C12H12Br3NO2S. The molecule has 1 aromatic carbocycles. The van der Waals surface area contributed by atoms with Crippen LogP contribution in [0, 0.1) is 0 Å². The number of fused-ring (bicyclic) bond motifs is 1. The van der Waals surface area contributed by atoms with Gasteiger partial charge >= 0.3 is 0 Å². The van der Waals surface area contributed by atoms with Crippen molar-refractivity contribution in [1.29, 1.82) is 0 Å². The molecule has 0 N–H and O–H groups in total. The van der Waals surface area contributed by atoms with E-state index in [4.69, 9.17) is 0 Å². The first-order chi connectivity index (χ1) is 8.91. The van der Waals surface area contributed by atoms with E-state index in [0.29, 0.717) is 14.5 Å². The summed E-state index contributed by atoms with van der Waals surface area (Å²) in [7, 11) is -3.34. The van der Waals surface area contributed by atoms with Gasteiger partial charge in [-0.15, -0.1) is 0 Å². The fraction of sp³-hybridized carbons (Fsp3) is 0.500. The first-order valence-corrected chi connectivity index (χ1v) is 10.0. The number of benzene rings is 1. The predicted molar refractivity (Wildman–Crippen MR) is 85.4 cm³/mol. The topological polar surface area (TPSA) is 37.1 Å². The zero-order valence-corrected chi connectivity index (χ0v) is 15.4. The molecule has 104 valence electrons. The van der Waals surface area contributed by atoms with Crippen molar-refractivity contribution in [2.24, 2.45) is 0 Å². The molecule has 1 unspecified atom stereocenters. The summed E-state index contributed by atoms with van der Waals surface area (Å²) in [5.41, 5.74) is 0. The molecule has 7 heteroatoms. The summed E-state index contributed by atoms with van der Waals surface area (Å²) in [6.07, 6.45) is 1.74. The third-order valence-corrected chi connectivity index (χ3v) is 8.95. The highest BCUT2D eigenvalue weighted by molar-refractivity contribution is 9.12. The van der Waals surface area contributed by atoms with E-state index >= 15 is 0 Å². The molecular weight excluding hydrogens is 462 g/mol. The minimum absolute atomic E-state index is 0.159. The van der Waals surface area contributed by atoms with Gasteiger partial charge in [-0.2, -0.15) is 4.31 Å². The van der Waals surface area contributed by atoms with E-state index < -0.39 is 10.0 Å². The lowest BCUT2D eigenvalue weighted by molar-refractivity contribution is 0.545. The van der Waals surface area contributed by atoms with Gasteiger partial charge in [0.25, 0.3) is 0 Å². The monoisotopic (exact) mass is 471 g/mol. The van der Waals surface area contributed by atoms with E-state index in [1.165, 1.54) is 0 Å². The normalized spacial score (nSPS) is 37.7. The molecule has 0 amide bonds. The number of hydrogen-bond donors (Lipinski definition) is 0. The number of rotatable bonds is 2. The van der Waals surface area contributed by atoms with Crippen molar-refractivity contribution < 1.29 is 8.42 Å². The predicted octanol–water partition coefficient (Wildman–Crippen LogP) is 3.51. The molecule has 3 rings (SSSR count). The van der Waals surface area contributed by atoms with E-state index in [1.807, 2.05) is 0 Å². The molecule has 2 fully saturated rings. The van der Waals surface area contributed by atoms with Gasteiger partial charge in [-0.3, -0.25) is 0 Å². The fourth-order valence-corrected chi connectivity index (χ4v) is 5.97. The largest absolute Gasteiger partial charge is 0.243 e. The Hall–Kier alpha value is 0.570. The minimum Gasteiger partial charge on any atom is -0.207 e. The van der Waals surface area contributed by atoms with E-state index in [0.717, 1.165) is 17.3 Å². The zero-order valence-electron chi connectivity index (χ0n) is 9.84. The molecule has 2 aliphatic rings. The average molecular weight is 474 g/mol. The quantitative estimate of drug-likeness (QED) is 0.487. The smallest absolute Gasteiger partial charge is 0.207 e. The van der Waals surface area contributed by atoms with E-state index in [2.05, 4.69) is 47.8 Å². The van der Waals surface area contributed by atoms with Crippen molar-refractivity contribution in [2.75, 3.05) is 0 Å². The Labute approximate surface area is 138 Å². The molecule has 5 atom stereocenters. The second-order valence-corrected chi connectivity index (χ2v) is 10.0. The Morgan fingerprint density at radius 1 is 1.00 bits per heavy atom. The molecule has 1 heterocycles. The molecule has 0 aromatic heterocycles. The SMILES string of the molecule is O=S(=O)(c1ccc(Br)cc1)N1[C@@H]2C[C@H](Br)[C@@H](Br)C[C@@H]21. The van der Waals surface area contributed by atoms with Crippen LogP contribution in [0.1, 0.15) is 12.8 Å². The minimum atomic E-state index is -3.34. The maximum Gasteiger partial charge on any atom is 0.243 e. The Bertz CT molecular complexity index is 573. The van der Waals surface area contributed by atoms with Crippen LogP contribution < -0.4 is 0 Å². The van der Waals surface area contributed by atoms with Crippen LogP contribution in [-0.4, -0.2) is 34.5 Å². The molecule has 1 aromatic rings. The summed E-state index contributed by atoms with van der Waals surface area (Å²) in [4.78, 5) is 1.07. The molecule has 1 aliphatic carbocycles. The van der Waals surface area contributed by atoms with Crippen molar-refractivity contribution in [3.8, 4) is 0 Å². The third-order valence-electron chi connectivity index (χ3n) is 3.72. The standard InChI is InChI=1S/C12H12Br3NO2S/c13-7-1-3-8(4-2-7)19(17,18)16-11-5-9(14)10(15)6-12(11)16/h1-4,9-12H,5-6H2/t9-,10-,11-,12+,16?/m0/s1. The first kappa shape index (κ1) is 14.5. The number of alkyl halides is 2. The maximum absolute atomic E-state index is 12.6. The molecule has 1 aliphatic heterocycles. The van der Waals surface area contributed by atoms with Crippen LogP contribution in [0.2, 0.25) is 0 Å². The zero-order chi connectivity index (χ0) is 13.8. The van der Waals surface area contributed by atoms with E-state index in [1.54, 1.807) is 28.6 Å². The highest BCUT2D eigenvalue weighted by Crippen LogP contribution is 2.48. The summed E-state index contributed by atoms with van der Waals surface area (Å²) in [6, 6.07) is 7.15. The van der Waals surface area contributed by atoms with Gasteiger partial charge in [0.05, 0.1) is 4.90 Å². The molecule has 0 radical (unpaired) electrons. The Morgan fingerprint density at radius 3 is 1.95 bits per heavy atom. The van der Waals surface area contributed by atoms with Crippen molar-refractivity contribution in [2.45, 2.75) is 39.5 Å². The number of halogens is 3. The van der Waals surface area contributed by atoms with Crippen LogP contribution in [-0.2, 0) is 10.0 Å². The van der Waals surface area contributed by atoms with Crippen LogP contribution >= 0.6 is 47.8 Å². The molecule has 3 nitrogen and oxygen atoms in total. The van der Waals surface area contributed by atoms with E-state index in [-0.39, 0.29) is 12.1 Å². The summed E-state index contributed by atoms with van der Waals surface area (Å²) < 4.78 is 27.7. The summed E-state index contributed by atoms with van der Waals surface area (Å²) in [5, 5.41) is 0. The van der Waals surface area contributed by atoms with Gasteiger partial charge in [0.1, 0.15) is 0 Å². The van der Waals surface area contributed by atoms with E-state index in [9.17, 15) is 8.42 Å². The Balaban J connectivity index is 1.86. The summed E-state index contributed by atoms with van der Waals surface area (Å²) >= 11 is 10.5. The first-order valence-electron chi connectivity index (χ1n) is 5.98. The summed E-state index contributed by atoms with van der Waals surface area (Å²) in [6.45, 7) is 0. The van der Waals surface area contributed by atoms with Gasteiger partial charge in [-0.1, -0.05) is 47.8 Å². The lowest BCUT2D eigenvalue weighted by atomic mass is 10.0. The Kier molecular flexibility index (Phi) is 3.88. The van der Waals surface area contributed by atoms with Gasteiger partial charge in [0.2, 0.25) is 10.0 Å². The second kappa shape index (κ2) is 5.09. The molecule has 19 heavy (non-hydrogen) atoms. The van der Waals surface area contributed by atoms with Gasteiger partial charge < -0.3 is 0 Å². The van der Waals surface area contributed by atoms with Crippen LogP contribution in [0.5, 0.6) is 0 Å². The van der Waals surface area contributed by atoms with Crippen LogP contribution in [0.4, 0.5) is 0 Å². The van der Waals surface area contributed by atoms with Crippen molar-refractivity contribution in [1.82, 2.24) is 4.31 Å². The average Bonchev–Trinajstić information content (AvgIpc) is 3.03. The molecule has 1 saturated carbocycles. The fourth-order valence-electron chi connectivity index (χ4n) is 2.67. The lowest BCUT2D eigenvalue weighted by Gasteiger charge is -2.19. The van der Waals surface area contributed by atoms with Gasteiger partial charge in [-0.05, 0) is 37.1 Å². The highest BCUT2D eigenvalue weighted by atomic mass is 79.9. The van der Waals surface area contributed by atoms with Crippen LogP contribution in [0.25, 0.3) is 0 Å². The molecule has 0 spiro atoms. The van der Waals surface area contributed by atoms with Gasteiger partial charge in [-0.25, -0.2) is 8.42 Å². The number of sulfonamides is 1. The van der Waals surface area contributed by atoms with Crippen LogP contribution in [0.15, 0.2) is 33.6 Å². The maximum atomic E-state index is 12.6. The number of nitrogens with zero attached hydrogens (tertiary/aromatic N) is 1. The van der Waals surface area contributed by atoms with Crippen molar-refractivity contribution in [3.05, 3.63) is 28.7 Å². The summed E-state index contributed by atoms with van der Waals surface area (Å²) in [5.74, 6) is 0. The van der Waals surface area contributed by atoms with Crippen molar-refractivity contribution >= 4 is 57.8 Å². The van der Waals surface area contributed by atoms with Crippen LogP contribution in [0.3, 0.4) is 0 Å². The molecule has 1 saturated heterocycles. The molecule has 0 bridgehead atoms. The second-order valence-electron chi connectivity index (χ2n) is 4.93. The van der Waals surface area contributed by atoms with Gasteiger partial charge in [0.15, 0.2) is 0 Å². The Morgan fingerprint density at radius 2 is 1.47 bits per heavy atom. The third kappa shape index (κ3) is 2.57. The lowest BCUT2D eigenvalue weighted by Crippen LogP contribution is -2.24. The highest BCUT2D eigenvalue weighted by Gasteiger charge is 2.59. The van der Waals surface area contributed by atoms with Gasteiger partial charge in [0, 0.05) is 26.2 Å². The number of hydrogen-bond acceptors (Lipinski definition) is 2.